The second kappa shape index (κ2) is 6.14. The molecule has 2 heterocycles. The Morgan fingerprint density at radius 1 is 1.30 bits per heavy atom. The van der Waals surface area contributed by atoms with Crippen molar-refractivity contribution in [3.05, 3.63) is 53.5 Å². The van der Waals surface area contributed by atoms with Gasteiger partial charge in [0.1, 0.15) is 5.82 Å². The van der Waals surface area contributed by atoms with Crippen molar-refractivity contribution < 1.29 is 9.90 Å². The van der Waals surface area contributed by atoms with Gasteiger partial charge in [-0.05, 0) is 38.1 Å². The lowest BCUT2D eigenvalue weighted by molar-refractivity contribution is 0.0696. The molecule has 0 unspecified atom stereocenters. The van der Waals surface area contributed by atoms with E-state index in [1.54, 1.807) is 12.1 Å². The number of nitrogens with zero attached hydrogens (tertiary/aromatic N) is 3. The molecule has 0 aliphatic carbocycles. The van der Waals surface area contributed by atoms with Gasteiger partial charge in [-0.25, -0.2) is 9.78 Å². The highest BCUT2D eigenvalue weighted by atomic mass is 16.4. The molecule has 5 heteroatoms. The molecule has 0 radical (unpaired) electrons. The first-order valence-electron chi connectivity index (χ1n) is 6.47. The van der Waals surface area contributed by atoms with E-state index in [1.807, 2.05) is 36.9 Å². The largest absolute Gasteiger partial charge is 0.478 e. The molecule has 0 saturated carbocycles. The molecule has 0 aliphatic heterocycles. The molecule has 0 atom stereocenters. The van der Waals surface area contributed by atoms with Gasteiger partial charge in [-0.15, -0.1) is 0 Å². The molecule has 104 valence electrons. The van der Waals surface area contributed by atoms with Crippen LogP contribution >= 0.6 is 0 Å². The molecule has 5 nitrogen and oxygen atoms in total. The fraction of sp³-hybridized carbons (Fsp3) is 0.267. The molecule has 0 aromatic carbocycles. The number of carboxylic acids is 1. The average molecular weight is 271 g/mol. The van der Waals surface area contributed by atoms with Gasteiger partial charge in [-0.3, -0.25) is 4.98 Å². The normalized spacial score (nSPS) is 10.3. The first-order chi connectivity index (χ1) is 9.60. The van der Waals surface area contributed by atoms with Crippen LogP contribution in [0.15, 0.2) is 36.5 Å². The summed E-state index contributed by atoms with van der Waals surface area (Å²) in [6, 6.07) is 9.20. The van der Waals surface area contributed by atoms with Crippen LogP contribution in [0, 0.1) is 6.92 Å². The van der Waals surface area contributed by atoms with Crippen LogP contribution < -0.4 is 4.90 Å². The predicted molar refractivity (Wildman–Crippen MR) is 76.9 cm³/mol. The fourth-order valence-electron chi connectivity index (χ4n) is 1.94. The Hall–Kier alpha value is -2.43. The molecule has 0 bridgehead atoms. The molecular weight excluding hydrogens is 254 g/mol. The molecule has 2 rings (SSSR count). The molecule has 0 fully saturated rings. The number of carboxylic acid groups (broad SMARTS) is 1. The SMILES string of the molecule is CCN(Cc1cccc(C)n1)c1ccc(C(=O)O)cn1. The third-order valence-corrected chi connectivity index (χ3v) is 3.00. The van der Waals surface area contributed by atoms with Crippen molar-refractivity contribution in [3.8, 4) is 0 Å². The summed E-state index contributed by atoms with van der Waals surface area (Å²) < 4.78 is 0. The summed E-state index contributed by atoms with van der Waals surface area (Å²) in [6.45, 7) is 5.41. The number of pyridine rings is 2. The summed E-state index contributed by atoms with van der Waals surface area (Å²) in [5.41, 5.74) is 2.14. The molecule has 0 amide bonds. The minimum atomic E-state index is -0.965. The van der Waals surface area contributed by atoms with Gasteiger partial charge in [0.15, 0.2) is 0 Å². The van der Waals surface area contributed by atoms with Crippen molar-refractivity contribution >= 4 is 11.8 Å². The molecule has 2 aromatic heterocycles. The maximum atomic E-state index is 10.8. The van der Waals surface area contributed by atoms with Crippen LogP contribution in [-0.2, 0) is 6.54 Å². The molecule has 20 heavy (non-hydrogen) atoms. The Labute approximate surface area is 117 Å². The van der Waals surface area contributed by atoms with Gasteiger partial charge in [0.2, 0.25) is 0 Å². The Morgan fingerprint density at radius 3 is 2.65 bits per heavy atom. The summed E-state index contributed by atoms with van der Waals surface area (Å²) in [4.78, 5) is 21.5. The number of anilines is 1. The highest BCUT2D eigenvalue weighted by molar-refractivity contribution is 5.87. The van der Waals surface area contributed by atoms with E-state index in [0.717, 1.165) is 23.8 Å². The van der Waals surface area contributed by atoms with Crippen molar-refractivity contribution in [1.82, 2.24) is 9.97 Å². The van der Waals surface area contributed by atoms with E-state index in [9.17, 15) is 4.79 Å². The van der Waals surface area contributed by atoms with Gasteiger partial charge in [-0.1, -0.05) is 6.07 Å². The molecule has 2 aromatic rings. The van der Waals surface area contributed by atoms with E-state index in [4.69, 9.17) is 5.11 Å². The van der Waals surface area contributed by atoms with Crippen molar-refractivity contribution in [2.24, 2.45) is 0 Å². The third kappa shape index (κ3) is 3.32. The Balaban J connectivity index is 2.17. The van der Waals surface area contributed by atoms with E-state index in [1.165, 1.54) is 6.20 Å². The van der Waals surface area contributed by atoms with E-state index < -0.39 is 5.97 Å². The summed E-state index contributed by atoms with van der Waals surface area (Å²) >= 11 is 0. The predicted octanol–water partition coefficient (Wildman–Crippen LogP) is 2.51. The monoisotopic (exact) mass is 271 g/mol. The summed E-state index contributed by atoms with van der Waals surface area (Å²) in [5, 5.41) is 8.87. The minimum absolute atomic E-state index is 0.193. The van der Waals surface area contributed by atoms with Crippen LogP contribution in [-0.4, -0.2) is 27.6 Å². The van der Waals surface area contributed by atoms with Crippen LogP contribution in [0.5, 0.6) is 0 Å². The second-order valence-corrected chi connectivity index (χ2v) is 4.49. The van der Waals surface area contributed by atoms with Crippen molar-refractivity contribution in [3.63, 3.8) is 0 Å². The lowest BCUT2D eigenvalue weighted by atomic mass is 10.2. The Morgan fingerprint density at radius 2 is 2.10 bits per heavy atom. The van der Waals surface area contributed by atoms with Gasteiger partial charge in [0, 0.05) is 18.4 Å². The Kier molecular flexibility index (Phi) is 4.30. The molecule has 0 spiro atoms. The highest BCUT2D eigenvalue weighted by Gasteiger charge is 2.09. The van der Waals surface area contributed by atoms with Gasteiger partial charge < -0.3 is 10.0 Å². The van der Waals surface area contributed by atoms with E-state index in [2.05, 4.69) is 9.97 Å². The topological polar surface area (TPSA) is 66.3 Å². The van der Waals surface area contributed by atoms with Crippen LogP contribution in [0.4, 0.5) is 5.82 Å². The number of aromatic carboxylic acids is 1. The number of aromatic nitrogens is 2. The average Bonchev–Trinajstić information content (AvgIpc) is 2.45. The molecule has 0 aliphatic rings. The highest BCUT2D eigenvalue weighted by Crippen LogP contribution is 2.14. The fourth-order valence-corrected chi connectivity index (χ4v) is 1.94. The van der Waals surface area contributed by atoms with Crippen molar-refractivity contribution in [2.75, 3.05) is 11.4 Å². The maximum absolute atomic E-state index is 10.8. The van der Waals surface area contributed by atoms with E-state index >= 15 is 0 Å². The summed E-state index contributed by atoms with van der Waals surface area (Å²) in [6.07, 6.45) is 1.38. The molecule has 1 N–H and O–H groups in total. The maximum Gasteiger partial charge on any atom is 0.337 e. The minimum Gasteiger partial charge on any atom is -0.478 e. The number of hydrogen-bond acceptors (Lipinski definition) is 4. The van der Waals surface area contributed by atoms with Gasteiger partial charge in [0.25, 0.3) is 0 Å². The number of rotatable bonds is 5. The second-order valence-electron chi connectivity index (χ2n) is 4.49. The first kappa shape index (κ1) is 14.0. The lowest BCUT2D eigenvalue weighted by Gasteiger charge is -2.21. The van der Waals surface area contributed by atoms with Crippen LogP contribution in [0.2, 0.25) is 0 Å². The number of carbonyl (C=O) groups is 1. The number of hydrogen-bond donors (Lipinski definition) is 1. The zero-order valence-electron chi connectivity index (χ0n) is 11.6. The van der Waals surface area contributed by atoms with E-state index in [-0.39, 0.29) is 5.56 Å². The van der Waals surface area contributed by atoms with Crippen LogP contribution in [0.25, 0.3) is 0 Å². The molecule has 0 saturated heterocycles. The smallest absolute Gasteiger partial charge is 0.337 e. The van der Waals surface area contributed by atoms with Crippen LogP contribution in [0.1, 0.15) is 28.7 Å². The van der Waals surface area contributed by atoms with Crippen molar-refractivity contribution in [1.29, 1.82) is 0 Å². The van der Waals surface area contributed by atoms with Gasteiger partial charge >= 0.3 is 5.97 Å². The summed E-state index contributed by atoms with van der Waals surface area (Å²) in [7, 11) is 0. The standard InChI is InChI=1S/C15H17N3O2/c1-3-18(10-13-6-4-5-11(2)17-13)14-8-7-12(9-16-14)15(19)20/h4-9H,3,10H2,1-2H3,(H,19,20). The zero-order valence-corrected chi connectivity index (χ0v) is 11.6. The van der Waals surface area contributed by atoms with E-state index in [0.29, 0.717) is 6.54 Å². The molecular formula is C15H17N3O2. The van der Waals surface area contributed by atoms with Crippen molar-refractivity contribution in [2.45, 2.75) is 20.4 Å². The lowest BCUT2D eigenvalue weighted by Crippen LogP contribution is -2.23. The van der Waals surface area contributed by atoms with Gasteiger partial charge in [0.05, 0.1) is 17.8 Å². The number of aryl methyl sites for hydroxylation is 1. The third-order valence-electron chi connectivity index (χ3n) is 3.00. The zero-order chi connectivity index (χ0) is 14.5. The van der Waals surface area contributed by atoms with Crippen LogP contribution in [0.3, 0.4) is 0 Å². The Bertz CT molecular complexity index is 596. The summed E-state index contributed by atoms with van der Waals surface area (Å²) in [5.74, 6) is -0.215. The quantitative estimate of drug-likeness (QED) is 0.905. The first-order valence-corrected chi connectivity index (χ1v) is 6.47. The van der Waals surface area contributed by atoms with Gasteiger partial charge in [-0.2, -0.15) is 0 Å².